The first-order valence-corrected chi connectivity index (χ1v) is 5.71. The maximum atomic E-state index is 12.5. The molecule has 94 valence electrons. The molecule has 7 heteroatoms. The molecule has 0 spiro atoms. The number of piperidine rings is 1. The van der Waals surface area contributed by atoms with Gasteiger partial charge in [-0.3, -0.25) is 0 Å². The van der Waals surface area contributed by atoms with Crippen LogP contribution in [0, 0.1) is 0 Å². The number of hydrogen-bond donors (Lipinski definition) is 0. The van der Waals surface area contributed by atoms with Crippen LogP contribution in [0.15, 0.2) is 6.07 Å². The molecule has 0 bridgehead atoms. The first-order valence-electron chi connectivity index (χ1n) is 5.33. The Morgan fingerprint density at radius 1 is 1.12 bits per heavy atom. The molecule has 0 unspecified atom stereocenters. The van der Waals surface area contributed by atoms with Crippen LogP contribution in [0.25, 0.3) is 0 Å². The fraction of sp³-hybridized carbons (Fsp3) is 0.600. The highest BCUT2D eigenvalue weighted by Crippen LogP contribution is 2.30. The van der Waals surface area contributed by atoms with Gasteiger partial charge in [0.15, 0.2) is 5.69 Å². The van der Waals surface area contributed by atoms with Gasteiger partial charge in [0.1, 0.15) is 5.15 Å². The van der Waals surface area contributed by atoms with Gasteiger partial charge in [0.2, 0.25) is 5.95 Å². The van der Waals surface area contributed by atoms with E-state index >= 15 is 0 Å². The third kappa shape index (κ3) is 3.00. The molecular formula is C10H11ClF3N3. The lowest BCUT2D eigenvalue weighted by atomic mass is 10.1. The number of aromatic nitrogens is 2. The van der Waals surface area contributed by atoms with Crippen molar-refractivity contribution in [1.29, 1.82) is 0 Å². The standard InChI is InChI=1S/C10H11ClF3N3/c11-8-6-7(10(12,13)14)15-9(16-8)17-4-2-1-3-5-17/h6H,1-5H2. The van der Waals surface area contributed by atoms with Crippen molar-refractivity contribution >= 4 is 17.5 Å². The highest BCUT2D eigenvalue weighted by Gasteiger charge is 2.34. The molecule has 1 aromatic rings. The van der Waals surface area contributed by atoms with E-state index in [1.807, 2.05) is 0 Å². The summed E-state index contributed by atoms with van der Waals surface area (Å²) in [5.41, 5.74) is -0.988. The van der Waals surface area contributed by atoms with Gasteiger partial charge in [0, 0.05) is 19.2 Å². The van der Waals surface area contributed by atoms with E-state index in [1.165, 1.54) is 0 Å². The van der Waals surface area contributed by atoms with E-state index in [-0.39, 0.29) is 11.1 Å². The molecule has 1 aromatic heterocycles. The minimum absolute atomic E-state index is 0.0736. The second kappa shape index (κ2) is 4.68. The number of halogens is 4. The van der Waals surface area contributed by atoms with Crippen molar-refractivity contribution in [1.82, 2.24) is 9.97 Å². The molecule has 0 N–H and O–H groups in total. The Kier molecular flexibility index (Phi) is 3.42. The first kappa shape index (κ1) is 12.4. The molecule has 1 fully saturated rings. The van der Waals surface area contributed by atoms with Crippen LogP contribution in [0.5, 0.6) is 0 Å². The third-order valence-corrected chi connectivity index (χ3v) is 2.81. The minimum atomic E-state index is -4.49. The van der Waals surface area contributed by atoms with Crippen molar-refractivity contribution in [3.05, 3.63) is 16.9 Å². The number of anilines is 1. The lowest BCUT2D eigenvalue weighted by Crippen LogP contribution is -2.31. The Balaban J connectivity index is 2.31. The molecule has 1 saturated heterocycles. The molecule has 1 aliphatic rings. The summed E-state index contributed by atoms with van der Waals surface area (Å²) >= 11 is 5.60. The smallest absolute Gasteiger partial charge is 0.341 e. The average molecular weight is 266 g/mol. The normalized spacial score (nSPS) is 17.3. The lowest BCUT2D eigenvalue weighted by molar-refractivity contribution is -0.141. The van der Waals surface area contributed by atoms with Gasteiger partial charge in [-0.15, -0.1) is 0 Å². The summed E-state index contributed by atoms with van der Waals surface area (Å²) in [6, 6.07) is 0.745. The zero-order chi connectivity index (χ0) is 12.5. The fourth-order valence-electron chi connectivity index (χ4n) is 1.79. The Bertz CT molecular complexity index is 402. The van der Waals surface area contributed by atoms with Crippen LogP contribution in [0.4, 0.5) is 19.1 Å². The number of nitrogens with zero attached hydrogens (tertiary/aromatic N) is 3. The topological polar surface area (TPSA) is 29.0 Å². The van der Waals surface area contributed by atoms with Crippen molar-refractivity contribution in [2.24, 2.45) is 0 Å². The van der Waals surface area contributed by atoms with E-state index in [0.717, 1.165) is 25.3 Å². The van der Waals surface area contributed by atoms with Gasteiger partial charge < -0.3 is 4.90 Å². The number of hydrogen-bond acceptors (Lipinski definition) is 3. The maximum Gasteiger partial charge on any atom is 0.433 e. The molecule has 0 radical (unpaired) electrons. The molecule has 0 atom stereocenters. The SMILES string of the molecule is FC(F)(F)c1cc(Cl)nc(N2CCCCC2)n1. The van der Waals surface area contributed by atoms with Gasteiger partial charge in [0.25, 0.3) is 0 Å². The summed E-state index contributed by atoms with van der Waals surface area (Å²) in [5.74, 6) is 0.0736. The lowest BCUT2D eigenvalue weighted by Gasteiger charge is -2.27. The minimum Gasteiger partial charge on any atom is -0.341 e. The third-order valence-electron chi connectivity index (χ3n) is 2.61. The summed E-state index contributed by atoms with van der Waals surface area (Å²) in [7, 11) is 0. The van der Waals surface area contributed by atoms with E-state index < -0.39 is 11.9 Å². The molecule has 3 nitrogen and oxygen atoms in total. The second-order valence-corrected chi connectivity index (χ2v) is 4.31. The Morgan fingerprint density at radius 2 is 1.76 bits per heavy atom. The fourth-order valence-corrected chi connectivity index (χ4v) is 1.97. The van der Waals surface area contributed by atoms with E-state index in [4.69, 9.17) is 11.6 Å². The Labute approximate surface area is 102 Å². The highest BCUT2D eigenvalue weighted by molar-refractivity contribution is 6.29. The molecule has 0 saturated carbocycles. The van der Waals surface area contributed by atoms with Crippen molar-refractivity contribution in [3.63, 3.8) is 0 Å². The molecule has 0 aliphatic carbocycles. The Morgan fingerprint density at radius 3 is 2.35 bits per heavy atom. The zero-order valence-corrected chi connectivity index (χ0v) is 9.72. The van der Waals surface area contributed by atoms with Crippen molar-refractivity contribution < 1.29 is 13.2 Å². The molecule has 0 aromatic carbocycles. The van der Waals surface area contributed by atoms with Crippen LogP contribution < -0.4 is 4.90 Å². The Hall–Kier alpha value is -1.04. The maximum absolute atomic E-state index is 12.5. The summed E-state index contributed by atoms with van der Waals surface area (Å²) in [6.07, 6.45) is -1.52. The molecule has 2 rings (SSSR count). The summed E-state index contributed by atoms with van der Waals surface area (Å²) in [6.45, 7) is 1.36. The van der Waals surface area contributed by atoms with E-state index in [9.17, 15) is 13.2 Å². The number of rotatable bonds is 1. The highest BCUT2D eigenvalue weighted by atomic mass is 35.5. The van der Waals surface area contributed by atoms with Crippen LogP contribution in [0.3, 0.4) is 0 Å². The largest absolute Gasteiger partial charge is 0.433 e. The van der Waals surface area contributed by atoms with Gasteiger partial charge in [-0.25, -0.2) is 9.97 Å². The van der Waals surface area contributed by atoms with Gasteiger partial charge in [-0.05, 0) is 19.3 Å². The van der Waals surface area contributed by atoms with E-state index in [0.29, 0.717) is 13.1 Å². The quantitative estimate of drug-likeness (QED) is 0.731. The van der Waals surface area contributed by atoms with Gasteiger partial charge >= 0.3 is 6.18 Å². The molecule has 2 heterocycles. The molecular weight excluding hydrogens is 255 g/mol. The predicted octanol–water partition coefficient (Wildman–Crippen LogP) is 3.14. The van der Waals surface area contributed by atoms with Crippen molar-refractivity contribution in [2.75, 3.05) is 18.0 Å². The molecule has 1 aliphatic heterocycles. The first-order chi connectivity index (χ1) is 7.97. The summed E-state index contributed by atoms with van der Waals surface area (Å²) in [4.78, 5) is 9.13. The van der Waals surface area contributed by atoms with Crippen molar-refractivity contribution in [2.45, 2.75) is 25.4 Å². The van der Waals surface area contributed by atoms with Crippen LogP contribution in [0.1, 0.15) is 25.0 Å². The van der Waals surface area contributed by atoms with Crippen LogP contribution in [-0.2, 0) is 6.18 Å². The summed E-state index contributed by atoms with van der Waals surface area (Å²) in [5, 5.41) is -0.173. The molecule has 17 heavy (non-hydrogen) atoms. The summed E-state index contributed by atoms with van der Waals surface area (Å²) < 4.78 is 37.6. The van der Waals surface area contributed by atoms with Crippen molar-refractivity contribution in [3.8, 4) is 0 Å². The monoisotopic (exact) mass is 265 g/mol. The van der Waals surface area contributed by atoms with E-state index in [1.54, 1.807) is 4.90 Å². The van der Waals surface area contributed by atoms with Gasteiger partial charge in [-0.1, -0.05) is 11.6 Å². The van der Waals surface area contributed by atoms with Gasteiger partial charge in [0.05, 0.1) is 0 Å². The zero-order valence-electron chi connectivity index (χ0n) is 8.97. The predicted molar refractivity (Wildman–Crippen MR) is 58.1 cm³/mol. The second-order valence-electron chi connectivity index (χ2n) is 3.92. The van der Waals surface area contributed by atoms with Crippen LogP contribution in [0.2, 0.25) is 5.15 Å². The van der Waals surface area contributed by atoms with E-state index in [2.05, 4.69) is 9.97 Å². The number of alkyl halides is 3. The average Bonchev–Trinajstić information content (AvgIpc) is 2.28. The van der Waals surface area contributed by atoms with Crippen LogP contribution >= 0.6 is 11.6 Å². The van der Waals surface area contributed by atoms with Gasteiger partial charge in [-0.2, -0.15) is 13.2 Å². The van der Waals surface area contributed by atoms with Crippen LogP contribution in [-0.4, -0.2) is 23.1 Å². The molecule has 0 amide bonds.